The van der Waals surface area contributed by atoms with Crippen molar-refractivity contribution < 1.29 is 4.79 Å². The van der Waals surface area contributed by atoms with E-state index in [0.717, 1.165) is 59.8 Å². The Morgan fingerprint density at radius 2 is 2.00 bits per heavy atom. The third kappa shape index (κ3) is 5.08. The van der Waals surface area contributed by atoms with Crippen molar-refractivity contribution in [1.82, 2.24) is 19.8 Å². The second kappa shape index (κ2) is 9.29. The number of aromatic nitrogens is 2. The summed E-state index contributed by atoms with van der Waals surface area (Å²) in [5.41, 5.74) is 2.12. The van der Waals surface area contributed by atoms with Gasteiger partial charge in [-0.25, -0.2) is 4.98 Å². The van der Waals surface area contributed by atoms with Crippen molar-refractivity contribution in [1.29, 1.82) is 0 Å². The number of piperidine rings is 1. The van der Waals surface area contributed by atoms with Crippen molar-refractivity contribution in [2.45, 2.75) is 25.3 Å². The third-order valence-corrected chi connectivity index (χ3v) is 6.54. The van der Waals surface area contributed by atoms with Crippen LogP contribution in [-0.4, -0.2) is 58.4 Å². The summed E-state index contributed by atoms with van der Waals surface area (Å²) in [6.07, 6.45) is 8.35. The van der Waals surface area contributed by atoms with E-state index in [4.69, 9.17) is 0 Å². The fourth-order valence-electron chi connectivity index (χ4n) is 3.75. The van der Waals surface area contributed by atoms with Gasteiger partial charge in [-0.15, -0.1) is 11.3 Å². The number of rotatable bonds is 6. The molecule has 0 saturated carbocycles. The first kappa shape index (κ1) is 19.7. The van der Waals surface area contributed by atoms with Gasteiger partial charge in [-0.05, 0) is 43.2 Å². The van der Waals surface area contributed by atoms with E-state index in [9.17, 15) is 4.79 Å². The Balaban J connectivity index is 1.26. The highest BCUT2D eigenvalue weighted by atomic mass is 32.1. The van der Waals surface area contributed by atoms with Gasteiger partial charge in [0.25, 0.3) is 0 Å². The molecule has 0 unspecified atom stereocenters. The minimum atomic E-state index is 0.0520. The minimum absolute atomic E-state index is 0.0520. The van der Waals surface area contributed by atoms with Crippen LogP contribution in [0.4, 0.5) is 0 Å². The van der Waals surface area contributed by atoms with Gasteiger partial charge in [0.05, 0.1) is 10.2 Å². The Labute approximate surface area is 175 Å². The molecule has 0 spiro atoms. The Hall–Kier alpha value is -2.57. The molecule has 0 bridgehead atoms. The molecule has 0 aliphatic carbocycles. The van der Waals surface area contributed by atoms with Crippen LogP contribution < -0.4 is 0 Å². The van der Waals surface area contributed by atoms with Crippen LogP contribution >= 0.6 is 11.3 Å². The first-order valence-corrected chi connectivity index (χ1v) is 10.9. The van der Waals surface area contributed by atoms with E-state index in [1.165, 1.54) is 0 Å². The molecule has 5 nitrogen and oxygen atoms in total. The zero-order valence-corrected chi connectivity index (χ0v) is 17.5. The maximum absolute atomic E-state index is 12.6. The van der Waals surface area contributed by atoms with Crippen LogP contribution in [0.5, 0.6) is 0 Å². The van der Waals surface area contributed by atoms with E-state index in [-0.39, 0.29) is 5.91 Å². The van der Waals surface area contributed by atoms with Crippen molar-refractivity contribution in [3.63, 3.8) is 0 Å². The van der Waals surface area contributed by atoms with Crippen molar-refractivity contribution in [3.8, 4) is 0 Å². The van der Waals surface area contributed by atoms with Crippen LogP contribution in [0.15, 0.2) is 54.7 Å². The molecule has 0 atom stereocenters. The molecule has 1 aromatic carbocycles. The lowest BCUT2D eigenvalue weighted by atomic mass is 10.0. The van der Waals surface area contributed by atoms with Crippen LogP contribution in [0.1, 0.15) is 23.5 Å². The number of carbonyl (C=O) groups excluding carboxylic acids is 1. The zero-order chi connectivity index (χ0) is 20.1. The Morgan fingerprint density at radius 1 is 1.21 bits per heavy atom. The topological polar surface area (TPSA) is 49.3 Å². The highest BCUT2D eigenvalue weighted by molar-refractivity contribution is 7.19. The average molecular weight is 407 g/mol. The van der Waals surface area contributed by atoms with E-state index in [1.54, 1.807) is 17.4 Å². The molecule has 29 heavy (non-hydrogen) atoms. The van der Waals surface area contributed by atoms with Gasteiger partial charge in [0.15, 0.2) is 0 Å². The molecule has 0 N–H and O–H groups in total. The Morgan fingerprint density at radius 3 is 2.76 bits per heavy atom. The number of carbonyl (C=O) groups is 1. The standard InChI is InChI=1S/C23H26N4OS/c1-26(23(28)10-9-22-25-20-7-2-3-8-21(20)29-22)19-12-16-27(17-13-19)15-11-18-6-4-5-14-24-18/h2-10,14,19H,11-13,15-17H2,1H3/b10-9+. The molecule has 4 rings (SSSR count). The fraction of sp³-hybridized carbons (Fsp3) is 0.348. The van der Waals surface area contributed by atoms with E-state index in [0.29, 0.717) is 6.04 Å². The van der Waals surface area contributed by atoms with Crippen LogP contribution in [0, 0.1) is 0 Å². The van der Waals surface area contributed by atoms with Gasteiger partial charge in [-0.3, -0.25) is 9.78 Å². The van der Waals surface area contributed by atoms with Crippen molar-refractivity contribution in [3.05, 3.63) is 65.4 Å². The predicted molar refractivity (Wildman–Crippen MR) is 119 cm³/mol. The van der Waals surface area contributed by atoms with E-state index >= 15 is 0 Å². The summed E-state index contributed by atoms with van der Waals surface area (Å²) in [6, 6.07) is 14.4. The van der Waals surface area contributed by atoms with Crippen LogP contribution in [0.25, 0.3) is 16.3 Å². The number of fused-ring (bicyclic) bond motifs is 1. The minimum Gasteiger partial charge on any atom is -0.339 e. The first-order chi connectivity index (χ1) is 14.2. The summed E-state index contributed by atoms with van der Waals surface area (Å²) < 4.78 is 1.14. The summed E-state index contributed by atoms with van der Waals surface area (Å²) in [5.74, 6) is 0.0520. The molecular weight excluding hydrogens is 380 g/mol. The number of hydrogen-bond donors (Lipinski definition) is 0. The number of amides is 1. The summed E-state index contributed by atoms with van der Waals surface area (Å²) in [6.45, 7) is 3.08. The van der Waals surface area contributed by atoms with Crippen molar-refractivity contribution in [2.75, 3.05) is 26.7 Å². The average Bonchev–Trinajstić information content (AvgIpc) is 3.20. The zero-order valence-electron chi connectivity index (χ0n) is 16.7. The van der Waals surface area contributed by atoms with Gasteiger partial charge in [-0.1, -0.05) is 18.2 Å². The molecule has 3 heterocycles. The SMILES string of the molecule is CN(C(=O)/C=C/c1nc2ccccc2s1)C1CCN(CCc2ccccn2)CC1. The summed E-state index contributed by atoms with van der Waals surface area (Å²) in [7, 11) is 1.92. The molecule has 1 saturated heterocycles. The monoisotopic (exact) mass is 406 g/mol. The van der Waals surface area contributed by atoms with Gasteiger partial charge >= 0.3 is 0 Å². The number of thiazole rings is 1. The van der Waals surface area contributed by atoms with Crippen molar-refractivity contribution in [2.24, 2.45) is 0 Å². The maximum Gasteiger partial charge on any atom is 0.246 e. The van der Waals surface area contributed by atoms with E-state index in [1.807, 2.05) is 54.6 Å². The van der Waals surface area contributed by atoms with E-state index < -0.39 is 0 Å². The first-order valence-electron chi connectivity index (χ1n) is 10.1. The number of pyridine rings is 1. The second-order valence-electron chi connectivity index (χ2n) is 7.45. The fourth-order valence-corrected chi connectivity index (χ4v) is 4.62. The molecule has 1 aliphatic rings. The molecule has 1 fully saturated rings. The second-order valence-corrected chi connectivity index (χ2v) is 8.51. The van der Waals surface area contributed by atoms with Gasteiger partial charge in [0.2, 0.25) is 5.91 Å². The predicted octanol–water partition coefficient (Wildman–Crippen LogP) is 3.87. The molecule has 6 heteroatoms. The summed E-state index contributed by atoms with van der Waals surface area (Å²) >= 11 is 1.61. The van der Waals surface area contributed by atoms with Crippen molar-refractivity contribution >= 4 is 33.5 Å². The number of hydrogen-bond acceptors (Lipinski definition) is 5. The number of likely N-dealkylation sites (tertiary alicyclic amines) is 1. The lowest BCUT2D eigenvalue weighted by molar-refractivity contribution is -0.127. The molecule has 2 aromatic heterocycles. The number of likely N-dealkylation sites (N-methyl/N-ethyl adjacent to an activating group) is 1. The molecular formula is C23H26N4OS. The molecule has 150 valence electrons. The lowest BCUT2D eigenvalue weighted by Crippen LogP contribution is -2.45. The highest BCUT2D eigenvalue weighted by Crippen LogP contribution is 2.22. The molecule has 3 aromatic rings. The largest absolute Gasteiger partial charge is 0.339 e. The number of para-hydroxylation sites is 1. The van der Waals surface area contributed by atoms with Crippen LogP contribution in [0.2, 0.25) is 0 Å². The number of benzene rings is 1. The summed E-state index contributed by atoms with van der Waals surface area (Å²) in [4.78, 5) is 25.9. The van der Waals surface area contributed by atoms with Crippen LogP contribution in [-0.2, 0) is 11.2 Å². The van der Waals surface area contributed by atoms with Crippen LogP contribution in [0.3, 0.4) is 0 Å². The third-order valence-electron chi connectivity index (χ3n) is 5.54. The molecule has 0 radical (unpaired) electrons. The molecule has 1 amide bonds. The van der Waals surface area contributed by atoms with Gasteiger partial charge < -0.3 is 9.80 Å². The normalized spacial score (nSPS) is 15.9. The Bertz CT molecular complexity index is 944. The highest BCUT2D eigenvalue weighted by Gasteiger charge is 2.24. The lowest BCUT2D eigenvalue weighted by Gasteiger charge is -2.36. The smallest absolute Gasteiger partial charge is 0.246 e. The quantitative estimate of drug-likeness (QED) is 0.583. The van der Waals surface area contributed by atoms with Gasteiger partial charge in [-0.2, -0.15) is 0 Å². The molecule has 1 aliphatic heterocycles. The van der Waals surface area contributed by atoms with Gasteiger partial charge in [0.1, 0.15) is 5.01 Å². The van der Waals surface area contributed by atoms with E-state index in [2.05, 4.69) is 27.0 Å². The number of nitrogens with zero attached hydrogens (tertiary/aromatic N) is 4. The van der Waals surface area contributed by atoms with Gasteiger partial charge in [0, 0.05) is 57.1 Å². The maximum atomic E-state index is 12.6. The summed E-state index contributed by atoms with van der Waals surface area (Å²) in [5, 5.41) is 0.872. The Kier molecular flexibility index (Phi) is 6.32.